The fourth-order valence-electron chi connectivity index (χ4n) is 3.57. The topological polar surface area (TPSA) is 61.4 Å². The SMILES string of the molecule is C=CCNC(=O)c1ccccc1NC(=O)C1CCCN(Cc2ccccc2F)C1. The van der Waals surface area contributed by atoms with Gasteiger partial charge in [0.05, 0.1) is 17.2 Å². The highest BCUT2D eigenvalue weighted by atomic mass is 19.1. The quantitative estimate of drug-likeness (QED) is 0.705. The largest absolute Gasteiger partial charge is 0.349 e. The molecule has 1 heterocycles. The maximum absolute atomic E-state index is 13.9. The zero-order valence-electron chi connectivity index (χ0n) is 16.4. The molecule has 1 saturated heterocycles. The van der Waals surface area contributed by atoms with Crippen LogP contribution in [0.2, 0.25) is 0 Å². The number of likely N-dealkylation sites (tertiary alicyclic amines) is 1. The van der Waals surface area contributed by atoms with Crippen LogP contribution in [-0.2, 0) is 11.3 Å². The molecule has 1 unspecified atom stereocenters. The second-order valence-electron chi connectivity index (χ2n) is 7.20. The first kappa shape index (κ1) is 20.7. The molecule has 6 heteroatoms. The summed E-state index contributed by atoms with van der Waals surface area (Å²) in [6.45, 7) is 5.82. The molecule has 1 fully saturated rings. The van der Waals surface area contributed by atoms with Crippen molar-refractivity contribution in [3.05, 3.63) is 78.1 Å². The highest BCUT2D eigenvalue weighted by Crippen LogP contribution is 2.22. The third-order valence-corrected chi connectivity index (χ3v) is 5.06. The number of carbonyl (C=O) groups excluding carboxylic acids is 2. The first-order valence-electron chi connectivity index (χ1n) is 9.83. The van der Waals surface area contributed by atoms with Gasteiger partial charge in [0, 0.05) is 25.2 Å². The molecule has 0 radical (unpaired) electrons. The molecule has 2 N–H and O–H groups in total. The van der Waals surface area contributed by atoms with Gasteiger partial charge in [0.2, 0.25) is 5.91 Å². The van der Waals surface area contributed by atoms with Crippen molar-refractivity contribution < 1.29 is 14.0 Å². The van der Waals surface area contributed by atoms with Crippen molar-refractivity contribution in [3.63, 3.8) is 0 Å². The molecule has 0 aliphatic carbocycles. The minimum absolute atomic E-state index is 0.118. The van der Waals surface area contributed by atoms with Crippen LogP contribution >= 0.6 is 0 Å². The minimum Gasteiger partial charge on any atom is -0.349 e. The van der Waals surface area contributed by atoms with Crippen LogP contribution in [0.1, 0.15) is 28.8 Å². The van der Waals surface area contributed by atoms with Gasteiger partial charge in [0.25, 0.3) is 5.91 Å². The lowest BCUT2D eigenvalue weighted by Crippen LogP contribution is -2.40. The van der Waals surface area contributed by atoms with Gasteiger partial charge in [-0.2, -0.15) is 0 Å². The summed E-state index contributed by atoms with van der Waals surface area (Å²) < 4.78 is 13.9. The van der Waals surface area contributed by atoms with Gasteiger partial charge >= 0.3 is 0 Å². The highest BCUT2D eigenvalue weighted by Gasteiger charge is 2.27. The molecule has 2 aromatic carbocycles. The van der Waals surface area contributed by atoms with E-state index in [1.165, 1.54) is 6.07 Å². The number of hydrogen-bond acceptors (Lipinski definition) is 3. The Balaban J connectivity index is 1.64. The van der Waals surface area contributed by atoms with Crippen molar-refractivity contribution in [1.29, 1.82) is 0 Å². The molecule has 3 rings (SSSR count). The normalized spacial score (nSPS) is 16.8. The second-order valence-corrected chi connectivity index (χ2v) is 7.20. The van der Waals surface area contributed by atoms with Crippen LogP contribution in [-0.4, -0.2) is 36.3 Å². The Kier molecular flexibility index (Phi) is 7.14. The summed E-state index contributed by atoms with van der Waals surface area (Å²) in [5.74, 6) is -0.809. The van der Waals surface area contributed by atoms with Crippen LogP contribution in [0.5, 0.6) is 0 Å². The lowest BCUT2D eigenvalue weighted by Gasteiger charge is -2.32. The summed E-state index contributed by atoms with van der Waals surface area (Å²) in [7, 11) is 0. The molecule has 29 heavy (non-hydrogen) atoms. The van der Waals surface area contributed by atoms with Crippen molar-refractivity contribution >= 4 is 17.5 Å². The first-order valence-corrected chi connectivity index (χ1v) is 9.83. The van der Waals surface area contributed by atoms with Crippen molar-refractivity contribution in [2.24, 2.45) is 5.92 Å². The van der Waals surface area contributed by atoms with E-state index in [-0.39, 0.29) is 23.5 Å². The number of nitrogens with one attached hydrogen (secondary N) is 2. The van der Waals surface area contributed by atoms with Crippen molar-refractivity contribution in [2.45, 2.75) is 19.4 Å². The molecule has 1 aliphatic heterocycles. The number of hydrogen-bond donors (Lipinski definition) is 2. The summed E-state index contributed by atoms with van der Waals surface area (Å²) >= 11 is 0. The fourth-order valence-corrected chi connectivity index (χ4v) is 3.57. The molecule has 1 atom stereocenters. The Labute approximate surface area is 170 Å². The van der Waals surface area contributed by atoms with Gasteiger partial charge in [-0.15, -0.1) is 6.58 Å². The van der Waals surface area contributed by atoms with E-state index in [2.05, 4.69) is 22.1 Å². The molecule has 0 aromatic heterocycles. The van der Waals surface area contributed by atoms with Crippen LogP contribution in [0, 0.1) is 11.7 Å². The monoisotopic (exact) mass is 395 g/mol. The van der Waals surface area contributed by atoms with E-state index in [4.69, 9.17) is 0 Å². The van der Waals surface area contributed by atoms with Crippen molar-refractivity contribution in [2.75, 3.05) is 25.0 Å². The van der Waals surface area contributed by atoms with Crippen LogP contribution in [0.15, 0.2) is 61.2 Å². The summed E-state index contributed by atoms with van der Waals surface area (Å²) in [4.78, 5) is 27.3. The third kappa shape index (κ3) is 5.51. The standard InChI is InChI=1S/C23H26FN3O2/c1-2-13-25-23(29)19-10-4-6-12-21(19)26-22(28)18-9-7-14-27(16-18)15-17-8-3-5-11-20(17)24/h2-6,8,10-12,18H,1,7,9,13-16H2,(H,25,29)(H,26,28). The molecule has 1 aliphatic rings. The molecule has 0 spiro atoms. The molecule has 5 nitrogen and oxygen atoms in total. The zero-order chi connectivity index (χ0) is 20.6. The lowest BCUT2D eigenvalue weighted by atomic mass is 9.96. The second kappa shape index (κ2) is 9.98. The smallest absolute Gasteiger partial charge is 0.253 e. The van der Waals surface area contributed by atoms with Crippen molar-refractivity contribution in [1.82, 2.24) is 10.2 Å². The average Bonchev–Trinajstić information content (AvgIpc) is 2.74. The lowest BCUT2D eigenvalue weighted by molar-refractivity contribution is -0.121. The summed E-state index contributed by atoms with van der Waals surface area (Å²) in [5, 5.41) is 5.64. The van der Waals surface area contributed by atoms with Gasteiger partial charge in [0.1, 0.15) is 5.82 Å². The third-order valence-electron chi connectivity index (χ3n) is 5.06. The van der Waals surface area contributed by atoms with E-state index in [1.807, 2.05) is 6.07 Å². The Morgan fingerprint density at radius 2 is 1.93 bits per heavy atom. The number of piperidine rings is 1. The predicted molar refractivity (Wildman–Crippen MR) is 112 cm³/mol. The number of para-hydroxylation sites is 1. The number of amides is 2. The fraction of sp³-hybridized carbons (Fsp3) is 0.304. The van der Waals surface area contributed by atoms with Gasteiger partial charge in [-0.3, -0.25) is 14.5 Å². The van der Waals surface area contributed by atoms with Gasteiger partial charge in [-0.25, -0.2) is 4.39 Å². The summed E-state index contributed by atoms with van der Waals surface area (Å²) in [5.41, 5.74) is 1.55. The van der Waals surface area contributed by atoms with Gasteiger partial charge < -0.3 is 10.6 Å². The van der Waals surface area contributed by atoms with Gasteiger partial charge in [0.15, 0.2) is 0 Å². The molecule has 0 bridgehead atoms. The van der Waals surface area contributed by atoms with E-state index < -0.39 is 0 Å². The Bertz CT molecular complexity index is 884. The van der Waals surface area contributed by atoms with E-state index in [0.717, 1.165) is 19.4 Å². The van der Waals surface area contributed by atoms with Crippen molar-refractivity contribution in [3.8, 4) is 0 Å². The molecular formula is C23H26FN3O2. The highest BCUT2D eigenvalue weighted by molar-refractivity contribution is 6.04. The van der Waals surface area contributed by atoms with E-state index in [9.17, 15) is 14.0 Å². The summed E-state index contributed by atoms with van der Waals surface area (Å²) in [6, 6.07) is 13.7. The van der Waals surface area contributed by atoms with Crippen LogP contribution in [0.3, 0.4) is 0 Å². The number of benzene rings is 2. The van der Waals surface area contributed by atoms with E-state index >= 15 is 0 Å². The van der Waals surface area contributed by atoms with Crippen LogP contribution < -0.4 is 10.6 Å². The van der Waals surface area contributed by atoms with E-state index in [1.54, 1.807) is 42.5 Å². The maximum Gasteiger partial charge on any atom is 0.253 e. The first-order chi connectivity index (χ1) is 14.1. The number of nitrogens with zero attached hydrogens (tertiary/aromatic N) is 1. The molecule has 2 amide bonds. The average molecular weight is 395 g/mol. The van der Waals surface area contributed by atoms with Crippen LogP contribution in [0.25, 0.3) is 0 Å². The maximum atomic E-state index is 13.9. The zero-order valence-corrected chi connectivity index (χ0v) is 16.4. The number of rotatable bonds is 7. The minimum atomic E-state index is -0.259. The molecular weight excluding hydrogens is 369 g/mol. The Morgan fingerprint density at radius 1 is 1.17 bits per heavy atom. The van der Waals surface area contributed by atoms with Crippen LogP contribution in [0.4, 0.5) is 10.1 Å². The molecule has 152 valence electrons. The Morgan fingerprint density at radius 3 is 2.72 bits per heavy atom. The number of anilines is 1. The molecule has 0 saturated carbocycles. The van der Waals surface area contributed by atoms with E-state index in [0.29, 0.717) is 36.4 Å². The number of halogens is 1. The number of carbonyl (C=O) groups is 2. The molecule has 2 aromatic rings. The summed E-state index contributed by atoms with van der Waals surface area (Å²) in [6.07, 6.45) is 3.24. The Hall–Kier alpha value is -2.99. The van der Waals surface area contributed by atoms with Gasteiger partial charge in [-0.05, 0) is 37.6 Å². The van der Waals surface area contributed by atoms with Gasteiger partial charge in [-0.1, -0.05) is 36.4 Å². The predicted octanol–water partition coefficient (Wildman–Crippen LogP) is 3.59.